The van der Waals surface area contributed by atoms with Gasteiger partial charge >= 0.3 is 0 Å². The van der Waals surface area contributed by atoms with E-state index >= 15 is 0 Å². The molecule has 0 aromatic carbocycles. The molecule has 3 saturated carbocycles. The van der Waals surface area contributed by atoms with Gasteiger partial charge in [0.15, 0.2) is 0 Å². The zero-order valence-electron chi connectivity index (χ0n) is 19.8. The molecule has 29 heavy (non-hydrogen) atoms. The first-order valence-corrected chi connectivity index (χ1v) is 13.6. The molecule has 0 saturated heterocycles. The molecule has 0 atom stereocenters. The first kappa shape index (κ1) is 23.2. The summed E-state index contributed by atoms with van der Waals surface area (Å²) in [5.41, 5.74) is 0.0452. The molecule has 3 aliphatic carbocycles. The number of nitrogens with zero attached hydrogens (tertiary/aromatic N) is 1. The molecule has 0 N–H and O–H groups in total. The van der Waals surface area contributed by atoms with E-state index in [4.69, 9.17) is 0 Å². The summed E-state index contributed by atoms with van der Waals surface area (Å²) in [4.78, 5) is 0. The van der Waals surface area contributed by atoms with Crippen molar-refractivity contribution in [2.24, 2.45) is 35.0 Å². The van der Waals surface area contributed by atoms with Gasteiger partial charge in [0.25, 0.3) is 0 Å². The molecular weight excluding hydrogens is 350 g/mol. The number of rotatable bonds is 9. The van der Waals surface area contributed by atoms with E-state index in [9.17, 15) is 5.26 Å². The molecule has 0 unspecified atom stereocenters. The predicted octanol–water partition coefficient (Wildman–Crippen LogP) is 9.07. The molecule has 0 amide bonds. The van der Waals surface area contributed by atoms with Crippen LogP contribution in [0.15, 0.2) is 0 Å². The van der Waals surface area contributed by atoms with Crippen molar-refractivity contribution in [3.05, 3.63) is 0 Å². The standard InChI is InChI=1S/C28H49N/c1-3-5-7-9-24-10-14-25(15-11-24)26-18-20-28(22-29,21-19-26)27-16-12-23(13-17-27)8-6-4-2/h23-27H,3-21H2,1-2H3/t23?,24?,25?,26-,27?,28-. The lowest BCUT2D eigenvalue weighted by atomic mass is 9.57. The molecule has 0 bridgehead atoms. The van der Waals surface area contributed by atoms with Crippen LogP contribution in [0.1, 0.15) is 136 Å². The topological polar surface area (TPSA) is 23.8 Å². The zero-order chi connectivity index (χ0) is 20.5. The second-order valence-electron chi connectivity index (χ2n) is 11.2. The van der Waals surface area contributed by atoms with Crippen molar-refractivity contribution in [2.75, 3.05) is 0 Å². The van der Waals surface area contributed by atoms with Crippen LogP contribution in [-0.4, -0.2) is 0 Å². The summed E-state index contributed by atoms with van der Waals surface area (Å²) < 4.78 is 0. The van der Waals surface area contributed by atoms with Gasteiger partial charge in [-0.1, -0.05) is 84.5 Å². The Morgan fingerprint density at radius 2 is 1.17 bits per heavy atom. The Morgan fingerprint density at radius 3 is 1.72 bits per heavy atom. The van der Waals surface area contributed by atoms with Crippen molar-refractivity contribution in [2.45, 2.75) is 136 Å². The predicted molar refractivity (Wildman–Crippen MR) is 125 cm³/mol. The lowest BCUT2D eigenvalue weighted by Crippen LogP contribution is -2.38. The summed E-state index contributed by atoms with van der Waals surface area (Å²) >= 11 is 0. The van der Waals surface area contributed by atoms with Gasteiger partial charge in [0.2, 0.25) is 0 Å². The second kappa shape index (κ2) is 11.8. The Balaban J connectivity index is 1.41. The minimum absolute atomic E-state index is 0.0452. The summed E-state index contributed by atoms with van der Waals surface area (Å²) in [6, 6.07) is 2.90. The van der Waals surface area contributed by atoms with Gasteiger partial charge in [-0.05, 0) is 81.0 Å². The van der Waals surface area contributed by atoms with Crippen LogP contribution in [0.4, 0.5) is 0 Å². The highest BCUT2D eigenvalue weighted by molar-refractivity contribution is 5.06. The third kappa shape index (κ3) is 6.24. The van der Waals surface area contributed by atoms with Gasteiger partial charge in [0.1, 0.15) is 0 Å². The molecule has 1 nitrogen and oxygen atoms in total. The van der Waals surface area contributed by atoms with Crippen LogP contribution in [0.3, 0.4) is 0 Å². The van der Waals surface area contributed by atoms with Crippen LogP contribution in [0.5, 0.6) is 0 Å². The number of nitriles is 1. The highest BCUT2D eigenvalue weighted by Gasteiger charge is 2.44. The Labute approximate surface area is 182 Å². The number of hydrogen-bond acceptors (Lipinski definition) is 1. The van der Waals surface area contributed by atoms with Gasteiger partial charge in [-0.3, -0.25) is 0 Å². The Bertz CT molecular complexity index is 479. The SMILES string of the molecule is CCCCCC1CCC([C@H]2CC[C@](C#N)(C3CCC(CCCC)CC3)CC2)CC1. The quantitative estimate of drug-likeness (QED) is 0.355. The normalized spacial score (nSPS) is 38.4. The average molecular weight is 400 g/mol. The maximum absolute atomic E-state index is 10.2. The lowest BCUT2D eigenvalue weighted by molar-refractivity contribution is 0.0601. The van der Waals surface area contributed by atoms with Gasteiger partial charge < -0.3 is 0 Å². The van der Waals surface area contributed by atoms with E-state index in [0.29, 0.717) is 5.92 Å². The molecule has 0 aromatic rings. The third-order valence-corrected chi connectivity index (χ3v) is 9.51. The monoisotopic (exact) mass is 399 g/mol. The minimum atomic E-state index is 0.0452. The molecule has 0 spiro atoms. The summed E-state index contributed by atoms with van der Waals surface area (Å²) in [7, 11) is 0. The largest absolute Gasteiger partial charge is 0.198 e. The van der Waals surface area contributed by atoms with Gasteiger partial charge in [-0.25, -0.2) is 0 Å². The molecule has 3 aliphatic rings. The highest BCUT2D eigenvalue weighted by atomic mass is 14.5. The molecule has 1 heteroatoms. The Hall–Kier alpha value is -0.510. The van der Waals surface area contributed by atoms with Crippen LogP contribution >= 0.6 is 0 Å². The summed E-state index contributed by atoms with van der Waals surface area (Å²) in [5, 5.41) is 10.2. The van der Waals surface area contributed by atoms with Crippen molar-refractivity contribution in [1.82, 2.24) is 0 Å². The van der Waals surface area contributed by atoms with Crippen molar-refractivity contribution in [3.63, 3.8) is 0 Å². The maximum atomic E-state index is 10.2. The van der Waals surface area contributed by atoms with Crippen molar-refractivity contribution in [3.8, 4) is 6.07 Å². The van der Waals surface area contributed by atoms with E-state index in [0.717, 1.165) is 23.7 Å². The van der Waals surface area contributed by atoms with E-state index in [-0.39, 0.29) is 5.41 Å². The van der Waals surface area contributed by atoms with E-state index in [1.54, 1.807) is 0 Å². The van der Waals surface area contributed by atoms with Crippen LogP contribution in [-0.2, 0) is 0 Å². The molecule has 0 radical (unpaired) electrons. The molecule has 166 valence electrons. The first-order chi connectivity index (χ1) is 14.2. The van der Waals surface area contributed by atoms with E-state index in [1.165, 1.54) is 122 Å². The van der Waals surface area contributed by atoms with Crippen LogP contribution in [0.25, 0.3) is 0 Å². The summed E-state index contributed by atoms with van der Waals surface area (Å²) in [5.74, 6) is 4.63. The van der Waals surface area contributed by atoms with Crippen molar-refractivity contribution < 1.29 is 0 Å². The van der Waals surface area contributed by atoms with Crippen molar-refractivity contribution in [1.29, 1.82) is 5.26 Å². The molecule has 0 aliphatic heterocycles. The highest BCUT2D eigenvalue weighted by Crippen LogP contribution is 2.52. The third-order valence-electron chi connectivity index (χ3n) is 9.51. The van der Waals surface area contributed by atoms with Crippen LogP contribution in [0.2, 0.25) is 0 Å². The first-order valence-electron chi connectivity index (χ1n) is 13.6. The van der Waals surface area contributed by atoms with Crippen molar-refractivity contribution >= 4 is 0 Å². The zero-order valence-corrected chi connectivity index (χ0v) is 19.8. The van der Waals surface area contributed by atoms with E-state index in [1.807, 2.05) is 0 Å². The lowest BCUT2D eigenvalue weighted by Gasteiger charge is -2.46. The molecule has 0 heterocycles. The van der Waals surface area contributed by atoms with E-state index in [2.05, 4.69) is 19.9 Å². The smallest absolute Gasteiger partial charge is 0.0692 e. The fraction of sp³-hybridized carbons (Fsp3) is 0.964. The average Bonchev–Trinajstić information content (AvgIpc) is 2.79. The van der Waals surface area contributed by atoms with E-state index < -0.39 is 0 Å². The molecule has 3 rings (SSSR count). The van der Waals surface area contributed by atoms with Gasteiger partial charge in [0, 0.05) is 0 Å². The number of unbranched alkanes of at least 4 members (excludes halogenated alkanes) is 3. The summed E-state index contributed by atoms with van der Waals surface area (Å²) in [6.45, 7) is 4.63. The Morgan fingerprint density at radius 1 is 0.655 bits per heavy atom. The van der Waals surface area contributed by atoms with Gasteiger partial charge in [-0.15, -0.1) is 0 Å². The molecular formula is C28H49N. The molecule has 0 aromatic heterocycles. The van der Waals surface area contributed by atoms with Gasteiger partial charge in [0.05, 0.1) is 11.5 Å². The second-order valence-corrected chi connectivity index (χ2v) is 11.2. The summed E-state index contributed by atoms with van der Waals surface area (Å²) in [6.07, 6.45) is 26.5. The Kier molecular flexibility index (Phi) is 9.40. The minimum Gasteiger partial charge on any atom is -0.198 e. The van der Waals surface area contributed by atoms with Crippen LogP contribution < -0.4 is 0 Å². The number of hydrogen-bond donors (Lipinski definition) is 0. The molecule has 3 fully saturated rings. The maximum Gasteiger partial charge on any atom is 0.0692 e. The fourth-order valence-corrected chi connectivity index (χ4v) is 7.37. The fourth-order valence-electron chi connectivity index (χ4n) is 7.37. The van der Waals surface area contributed by atoms with Gasteiger partial charge in [-0.2, -0.15) is 5.26 Å². The van der Waals surface area contributed by atoms with Crippen LogP contribution in [0, 0.1) is 46.3 Å².